The topological polar surface area (TPSA) is 63.9 Å². The number of amides is 1. The average Bonchev–Trinajstić information content (AvgIpc) is 3.40. The van der Waals surface area contributed by atoms with Crippen LogP contribution in [-0.2, 0) is 24.0 Å². The Kier molecular flexibility index (Phi) is 6.72. The lowest BCUT2D eigenvalue weighted by Crippen LogP contribution is -2.22. The van der Waals surface area contributed by atoms with Crippen molar-refractivity contribution in [2.24, 2.45) is 7.05 Å². The van der Waals surface area contributed by atoms with Gasteiger partial charge in [0, 0.05) is 30.7 Å². The number of thiazole rings is 1. The maximum absolute atomic E-state index is 12.4. The average molecular weight is 464 g/mol. The number of benzene rings is 2. The summed E-state index contributed by atoms with van der Waals surface area (Å²) in [5.41, 5.74) is 5.23. The summed E-state index contributed by atoms with van der Waals surface area (Å²) >= 11 is 3.05. The van der Waals surface area contributed by atoms with Crippen molar-refractivity contribution < 1.29 is 4.79 Å². The third-order valence-corrected chi connectivity index (χ3v) is 7.07. The number of carbonyl (C=O) groups is 1. The first-order valence-electron chi connectivity index (χ1n) is 10.4. The SMILES string of the molecule is CCc1ccc(N(C(C)=O)c2nc(CSc3nnc(-c4ccc(C)cc4)n3C)cs2)cc1. The molecule has 1 amide bonds. The summed E-state index contributed by atoms with van der Waals surface area (Å²) in [7, 11) is 1.97. The molecule has 32 heavy (non-hydrogen) atoms. The predicted octanol–water partition coefficient (Wildman–Crippen LogP) is 5.79. The van der Waals surface area contributed by atoms with E-state index in [-0.39, 0.29) is 5.91 Å². The van der Waals surface area contributed by atoms with Crippen LogP contribution in [0, 0.1) is 6.92 Å². The standard InChI is InChI=1S/C24H25N5OS2/c1-5-18-8-12-21(13-9-18)29(17(3)30)23-25-20(14-31-23)15-32-24-27-26-22(28(24)4)19-10-6-16(2)7-11-19/h6-14H,5,15H2,1-4H3. The fraction of sp³-hybridized carbons (Fsp3) is 0.250. The van der Waals surface area contributed by atoms with Gasteiger partial charge < -0.3 is 4.57 Å². The molecule has 4 aromatic rings. The first-order valence-corrected chi connectivity index (χ1v) is 12.3. The van der Waals surface area contributed by atoms with Gasteiger partial charge in [0.05, 0.1) is 11.4 Å². The molecule has 0 aliphatic carbocycles. The van der Waals surface area contributed by atoms with E-state index in [9.17, 15) is 4.79 Å². The van der Waals surface area contributed by atoms with E-state index in [1.54, 1.807) is 23.6 Å². The second kappa shape index (κ2) is 9.67. The molecule has 0 N–H and O–H groups in total. The first kappa shape index (κ1) is 22.2. The van der Waals surface area contributed by atoms with Crippen molar-refractivity contribution in [2.45, 2.75) is 38.1 Å². The highest BCUT2D eigenvalue weighted by Gasteiger charge is 2.18. The highest BCUT2D eigenvalue weighted by molar-refractivity contribution is 7.98. The quantitative estimate of drug-likeness (QED) is 0.325. The summed E-state index contributed by atoms with van der Waals surface area (Å²) in [6.07, 6.45) is 0.965. The van der Waals surface area contributed by atoms with Crippen molar-refractivity contribution in [1.82, 2.24) is 19.7 Å². The monoisotopic (exact) mass is 463 g/mol. The number of hydrogen-bond donors (Lipinski definition) is 0. The maximum atomic E-state index is 12.4. The fourth-order valence-electron chi connectivity index (χ4n) is 3.31. The van der Waals surface area contributed by atoms with Gasteiger partial charge in [-0.25, -0.2) is 4.98 Å². The van der Waals surface area contributed by atoms with Gasteiger partial charge >= 0.3 is 0 Å². The minimum absolute atomic E-state index is 0.0566. The molecule has 4 rings (SSSR count). The Morgan fingerprint density at radius 2 is 1.81 bits per heavy atom. The van der Waals surface area contributed by atoms with Crippen LogP contribution in [0.2, 0.25) is 0 Å². The molecule has 0 saturated heterocycles. The van der Waals surface area contributed by atoms with Crippen LogP contribution in [-0.4, -0.2) is 25.7 Å². The van der Waals surface area contributed by atoms with Crippen LogP contribution in [0.15, 0.2) is 59.1 Å². The van der Waals surface area contributed by atoms with E-state index in [0.717, 1.165) is 34.3 Å². The number of aryl methyl sites for hydroxylation is 2. The summed E-state index contributed by atoms with van der Waals surface area (Å²) < 4.78 is 2.00. The van der Waals surface area contributed by atoms with E-state index >= 15 is 0 Å². The Bertz CT molecular complexity index is 1210. The molecule has 0 spiro atoms. The van der Waals surface area contributed by atoms with Gasteiger partial charge in [-0.2, -0.15) is 0 Å². The number of rotatable bonds is 7. The van der Waals surface area contributed by atoms with Crippen molar-refractivity contribution in [2.75, 3.05) is 4.90 Å². The second-order valence-corrected chi connectivity index (χ2v) is 9.29. The van der Waals surface area contributed by atoms with Crippen molar-refractivity contribution in [1.29, 1.82) is 0 Å². The molecule has 0 bridgehead atoms. The van der Waals surface area contributed by atoms with Crippen LogP contribution in [0.25, 0.3) is 11.4 Å². The summed E-state index contributed by atoms with van der Waals surface area (Å²) in [6.45, 7) is 5.75. The largest absolute Gasteiger partial charge is 0.305 e. The highest BCUT2D eigenvalue weighted by atomic mass is 32.2. The normalized spacial score (nSPS) is 11.0. The lowest BCUT2D eigenvalue weighted by Gasteiger charge is -2.18. The third kappa shape index (κ3) is 4.76. The summed E-state index contributed by atoms with van der Waals surface area (Å²) in [5, 5.41) is 12.2. The first-order chi connectivity index (χ1) is 15.5. The molecule has 0 unspecified atom stereocenters. The van der Waals surface area contributed by atoms with Crippen molar-refractivity contribution in [3.8, 4) is 11.4 Å². The summed E-state index contributed by atoms with van der Waals surface area (Å²) in [6, 6.07) is 16.3. The second-order valence-electron chi connectivity index (χ2n) is 7.52. The summed E-state index contributed by atoms with van der Waals surface area (Å²) in [4.78, 5) is 18.7. The van der Waals surface area contributed by atoms with Gasteiger partial charge in [0.1, 0.15) is 0 Å². The third-order valence-electron chi connectivity index (χ3n) is 5.14. The molecule has 0 aliphatic heterocycles. The number of anilines is 2. The van der Waals surface area contributed by atoms with E-state index in [1.165, 1.54) is 22.5 Å². The Morgan fingerprint density at radius 1 is 1.09 bits per heavy atom. The molecular formula is C24H25N5OS2. The number of hydrogen-bond acceptors (Lipinski definition) is 6. The minimum Gasteiger partial charge on any atom is -0.305 e. The van der Waals surface area contributed by atoms with Gasteiger partial charge in [-0.3, -0.25) is 9.69 Å². The van der Waals surface area contributed by atoms with Crippen LogP contribution < -0.4 is 4.90 Å². The van der Waals surface area contributed by atoms with E-state index in [4.69, 9.17) is 4.98 Å². The van der Waals surface area contributed by atoms with E-state index < -0.39 is 0 Å². The van der Waals surface area contributed by atoms with Crippen molar-refractivity contribution in [3.05, 3.63) is 70.7 Å². The highest BCUT2D eigenvalue weighted by Crippen LogP contribution is 2.32. The van der Waals surface area contributed by atoms with Crippen LogP contribution in [0.1, 0.15) is 30.7 Å². The van der Waals surface area contributed by atoms with Gasteiger partial charge in [-0.05, 0) is 31.0 Å². The van der Waals surface area contributed by atoms with E-state index in [2.05, 4.69) is 60.4 Å². The lowest BCUT2D eigenvalue weighted by atomic mass is 10.1. The predicted molar refractivity (Wildman–Crippen MR) is 131 cm³/mol. The lowest BCUT2D eigenvalue weighted by molar-refractivity contribution is -0.115. The van der Waals surface area contributed by atoms with Gasteiger partial charge in [0.25, 0.3) is 0 Å². The molecule has 0 aliphatic rings. The molecule has 164 valence electrons. The minimum atomic E-state index is -0.0566. The number of carbonyl (C=O) groups excluding carboxylic acids is 1. The molecule has 0 atom stereocenters. The van der Waals surface area contributed by atoms with Crippen LogP contribution >= 0.6 is 23.1 Å². The molecule has 0 saturated carbocycles. The molecule has 8 heteroatoms. The molecule has 6 nitrogen and oxygen atoms in total. The molecule has 0 radical (unpaired) electrons. The van der Waals surface area contributed by atoms with E-state index in [0.29, 0.717) is 10.9 Å². The van der Waals surface area contributed by atoms with Crippen molar-refractivity contribution >= 4 is 39.8 Å². The number of thioether (sulfide) groups is 1. The molecule has 2 heterocycles. The Balaban J connectivity index is 1.48. The van der Waals surface area contributed by atoms with Gasteiger partial charge in [0.2, 0.25) is 5.91 Å². The zero-order valence-electron chi connectivity index (χ0n) is 18.6. The Hall–Kier alpha value is -2.97. The smallest absolute Gasteiger partial charge is 0.230 e. The Labute approximate surface area is 196 Å². The van der Waals surface area contributed by atoms with Crippen LogP contribution in [0.5, 0.6) is 0 Å². The van der Waals surface area contributed by atoms with Gasteiger partial charge in [-0.15, -0.1) is 21.5 Å². The van der Waals surface area contributed by atoms with Crippen LogP contribution in [0.3, 0.4) is 0 Å². The Morgan fingerprint density at radius 3 is 2.47 bits per heavy atom. The van der Waals surface area contributed by atoms with Crippen LogP contribution in [0.4, 0.5) is 10.8 Å². The molecule has 2 aromatic carbocycles. The van der Waals surface area contributed by atoms with Gasteiger partial charge in [0.15, 0.2) is 16.1 Å². The summed E-state index contributed by atoms with van der Waals surface area (Å²) in [5.74, 6) is 1.43. The molecule has 2 aromatic heterocycles. The fourth-order valence-corrected chi connectivity index (χ4v) is 5.10. The van der Waals surface area contributed by atoms with Crippen molar-refractivity contribution in [3.63, 3.8) is 0 Å². The zero-order valence-corrected chi connectivity index (χ0v) is 20.2. The number of nitrogens with zero attached hydrogens (tertiary/aromatic N) is 5. The molecular weight excluding hydrogens is 438 g/mol. The zero-order chi connectivity index (χ0) is 22.7. The number of aromatic nitrogens is 4. The van der Waals surface area contributed by atoms with E-state index in [1.807, 2.05) is 29.1 Å². The maximum Gasteiger partial charge on any atom is 0.230 e. The molecule has 0 fully saturated rings. The van der Waals surface area contributed by atoms with Gasteiger partial charge in [-0.1, -0.05) is 60.6 Å².